The number of hydrogen-bond donors (Lipinski definition) is 0. The number of hydrogen-bond acceptors (Lipinski definition) is 1. The highest BCUT2D eigenvalue weighted by Crippen LogP contribution is 2.45. The minimum Gasteiger partial charge on any atom is -0.489 e. The molecule has 0 atom stereocenters. The molecule has 0 aromatic heterocycles. The van der Waals surface area contributed by atoms with Crippen molar-refractivity contribution in [3.05, 3.63) is 64.7 Å². The molecular formula is C16H15ClO. The summed E-state index contributed by atoms with van der Waals surface area (Å²) in [5.74, 6) is 1.63. The molecule has 0 spiro atoms. The Hall–Kier alpha value is -1.47. The largest absolute Gasteiger partial charge is 0.489 e. The van der Waals surface area contributed by atoms with Crippen molar-refractivity contribution < 1.29 is 4.74 Å². The Kier molecular flexibility index (Phi) is 3.24. The van der Waals surface area contributed by atoms with Crippen LogP contribution < -0.4 is 4.74 Å². The molecule has 2 aromatic rings. The van der Waals surface area contributed by atoms with Crippen LogP contribution in [-0.4, -0.2) is 0 Å². The summed E-state index contributed by atoms with van der Waals surface area (Å²) in [6.07, 6.45) is 2.50. The topological polar surface area (TPSA) is 9.23 Å². The van der Waals surface area contributed by atoms with Crippen molar-refractivity contribution in [1.82, 2.24) is 0 Å². The molecule has 0 heterocycles. The highest BCUT2D eigenvalue weighted by molar-refractivity contribution is 6.30. The van der Waals surface area contributed by atoms with Crippen LogP contribution in [0, 0.1) is 0 Å². The fourth-order valence-corrected chi connectivity index (χ4v) is 2.28. The maximum absolute atomic E-state index is 6.05. The SMILES string of the molecule is Clc1ccc(OCc2ccccc2)c(C2CC2)c1. The smallest absolute Gasteiger partial charge is 0.123 e. The second-order valence-corrected chi connectivity index (χ2v) is 5.17. The van der Waals surface area contributed by atoms with Crippen LogP contribution in [0.1, 0.15) is 29.9 Å². The summed E-state index contributed by atoms with van der Waals surface area (Å²) in [6, 6.07) is 16.2. The first kappa shape index (κ1) is 11.6. The van der Waals surface area contributed by atoms with Gasteiger partial charge in [0.1, 0.15) is 12.4 Å². The minimum absolute atomic E-state index is 0.613. The molecule has 1 fully saturated rings. The Bertz CT molecular complexity index is 532. The van der Waals surface area contributed by atoms with E-state index in [1.807, 2.05) is 36.4 Å². The summed E-state index contributed by atoms with van der Waals surface area (Å²) < 4.78 is 5.92. The van der Waals surface area contributed by atoms with Gasteiger partial charge in [0.05, 0.1) is 0 Å². The molecule has 2 aromatic carbocycles. The Balaban J connectivity index is 1.76. The van der Waals surface area contributed by atoms with E-state index in [0.29, 0.717) is 12.5 Å². The molecule has 0 N–H and O–H groups in total. The second kappa shape index (κ2) is 5.03. The van der Waals surface area contributed by atoms with Crippen molar-refractivity contribution in [3.63, 3.8) is 0 Å². The first-order valence-electron chi connectivity index (χ1n) is 6.29. The molecule has 0 saturated heterocycles. The van der Waals surface area contributed by atoms with Gasteiger partial charge < -0.3 is 4.74 Å². The first-order chi connectivity index (χ1) is 8.83. The highest BCUT2D eigenvalue weighted by atomic mass is 35.5. The van der Waals surface area contributed by atoms with Crippen LogP contribution >= 0.6 is 11.6 Å². The molecule has 1 saturated carbocycles. The summed E-state index contributed by atoms with van der Waals surface area (Å²) in [5.41, 5.74) is 2.45. The van der Waals surface area contributed by atoms with Crippen LogP contribution in [-0.2, 0) is 6.61 Å². The van der Waals surface area contributed by atoms with Gasteiger partial charge in [-0.3, -0.25) is 0 Å². The average Bonchev–Trinajstić information content (AvgIpc) is 3.23. The molecule has 0 radical (unpaired) electrons. The molecule has 18 heavy (non-hydrogen) atoms. The number of rotatable bonds is 4. The quantitative estimate of drug-likeness (QED) is 0.766. The molecule has 0 amide bonds. The molecule has 1 nitrogen and oxygen atoms in total. The second-order valence-electron chi connectivity index (χ2n) is 4.73. The lowest BCUT2D eigenvalue weighted by atomic mass is 10.1. The predicted octanol–water partition coefficient (Wildman–Crippen LogP) is 4.80. The van der Waals surface area contributed by atoms with Gasteiger partial charge in [0.15, 0.2) is 0 Å². The molecule has 1 aliphatic rings. The average molecular weight is 259 g/mol. The third-order valence-corrected chi connectivity index (χ3v) is 3.46. The van der Waals surface area contributed by atoms with Gasteiger partial charge in [-0.2, -0.15) is 0 Å². The molecule has 3 rings (SSSR count). The zero-order valence-electron chi connectivity index (χ0n) is 10.1. The van der Waals surface area contributed by atoms with E-state index in [1.165, 1.54) is 24.0 Å². The van der Waals surface area contributed by atoms with Crippen molar-refractivity contribution in [2.75, 3.05) is 0 Å². The number of halogens is 1. The third kappa shape index (κ3) is 2.68. The summed E-state index contributed by atoms with van der Waals surface area (Å²) in [5, 5.41) is 0.795. The standard InChI is InChI=1S/C16H15ClO/c17-14-8-9-16(15(10-14)13-6-7-13)18-11-12-4-2-1-3-5-12/h1-5,8-10,13H,6-7,11H2. The Morgan fingerprint density at radius 3 is 2.56 bits per heavy atom. The lowest BCUT2D eigenvalue weighted by molar-refractivity contribution is 0.303. The van der Waals surface area contributed by atoms with Crippen molar-refractivity contribution >= 4 is 11.6 Å². The van der Waals surface area contributed by atoms with Gasteiger partial charge in [0, 0.05) is 5.02 Å². The van der Waals surface area contributed by atoms with E-state index < -0.39 is 0 Å². The molecule has 0 aliphatic heterocycles. The Labute approximate surface area is 112 Å². The Morgan fingerprint density at radius 2 is 1.83 bits per heavy atom. The van der Waals surface area contributed by atoms with Gasteiger partial charge in [-0.25, -0.2) is 0 Å². The van der Waals surface area contributed by atoms with Gasteiger partial charge in [-0.15, -0.1) is 0 Å². The van der Waals surface area contributed by atoms with Gasteiger partial charge in [-0.05, 0) is 48.1 Å². The van der Waals surface area contributed by atoms with Crippen LogP contribution in [0.4, 0.5) is 0 Å². The van der Waals surface area contributed by atoms with E-state index in [0.717, 1.165) is 10.8 Å². The van der Waals surface area contributed by atoms with Gasteiger partial charge >= 0.3 is 0 Å². The predicted molar refractivity (Wildman–Crippen MR) is 74.2 cm³/mol. The monoisotopic (exact) mass is 258 g/mol. The first-order valence-corrected chi connectivity index (χ1v) is 6.67. The molecule has 0 bridgehead atoms. The minimum atomic E-state index is 0.613. The van der Waals surface area contributed by atoms with Crippen LogP contribution in [0.5, 0.6) is 5.75 Å². The molecule has 1 aliphatic carbocycles. The van der Waals surface area contributed by atoms with Gasteiger partial charge in [0.2, 0.25) is 0 Å². The summed E-state index contributed by atoms with van der Waals surface area (Å²) >= 11 is 6.05. The number of benzene rings is 2. The van der Waals surface area contributed by atoms with E-state index >= 15 is 0 Å². The van der Waals surface area contributed by atoms with Crippen molar-refractivity contribution in [1.29, 1.82) is 0 Å². The maximum Gasteiger partial charge on any atom is 0.123 e. The molecule has 92 valence electrons. The van der Waals surface area contributed by atoms with Gasteiger partial charge in [0.25, 0.3) is 0 Å². The van der Waals surface area contributed by atoms with Gasteiger partial charge in [-0.1, -0.05) is 41.9 Å². The summed E-state index contributed by atoms with van der Waals surface area (Å²) in [7, 11) is 0. The zero-order valence-corrected chi connectivity index (χ0v) is 10.9. The van der Waals surface area contributed by atoms with E-state index in [4.69, 9.17) is 16.3 Å². The fourth-order valence-electron chi connectivity index (χ4n) is 2.10. The third-order valence-electron chi connectivity index (χ3n) is 3.23. The van der Waals surface area contributed by atoms with Crippen LogP contribution in [0.2, 0.25) is 5.02 Å². The van der Waals surface area contributed by atoms with Crippen LogP contribution in [0.3, 0.4) is 0 Å². The van der Waals surface area contributed by atoms with E-state index in [2.05, 4.69) is 12.1 Å². The number of ether oxygens (including phenoxy) is 1. The normalized spacial score (nSPS) is 14.5. The molecular weight excluding hydrogens is 244 g/mol. The van der Waals surface area contributed by atoms with Crippen LogP contribution in [0.25, 0.3) is 0 Å². The molecule has 2 heteroatoms. The lowest BCUT2D eigenvalue weighted by Crippen LogP contribution is -1.97. The van der Waals surface area contributed by atoms with E-state index in [9.17, 15) is 0 Å². The fraction of sp³-hybridized carbons (Fsp3) is 0.250. The van der Waals surface area contributed by atoms with E-state index in [-0.39, 0.29) is 0 Å². The zero-order chi connectivity index (χ0) is 12.4. The summed E-state index contributed by atoms with van der Waals surface area (Å²) in [6.45, 7) is 0.613. The lowest BCUT2D eigenvalue weighted by Gasteiger charge is -2.11. The van der Waals surface area contributed by atoms with E-state index in [1.54, 1.807) is 0 Å². The van der Waals surface area contributed by atoms with Crippen molar-refractivity contribution in [3.8, 4) is 5.75 Å². The summed E-state index contributed by atoms with van der Waals surface area (Å²) in [4.78, 5) is 0. The molecule has 0 unspecified atom stereocenters. The van der Waals surface area contributed by atoms with Crippen molar-refractivity contribution in [2.45, 2.75) is 25.4 Å². The maximum atomic E-state index is 6.05. The van der Waals surface area contributed by atoms with Crippen molar-refractivity contribution in [2.24, 2.45) is 0 Å². The van der Waals surface area contributed by atoms with Crippen LogP contribution in [0.15, 0.2) is 48.5 Å². The highest BCUT2D eigenvalue weighted by Gasteiger charge is 2.27. The Morgan fingerprint density at radius 1 is 1.06 bits per heavy atom.